The lowest BCUT2D eigenvalue weighted by atomic mass is 10.1. The van der Waals surface area contributed by atoms with Crippen LogP contribution in [-0.4, -0.2) is 32.5 Å². The van der Waals surface area contributed by atoms with Crippen molar-refractivity contribution in [2.45, 2.75) is 0 Å². The lowest BCUT2D eigenvalue weighted by molar-refractivity contribution is 0.112. The first-order valence-corrected chi connectivity index (χ1v) is 5.30. The van der Waals surface area contributed by atoms with Gasteiger partial charge in [0.2, 0.25) is 0 Å². The highest BCUT2D eigenvalue weighted by atomic mass is 16.1. The summed E-state index contributed by atoms with van der Waals surface area (Å²) in [6, 6.07) is 7.40. The number of nitriles is 1. The molecule has 82 valence electrons. The van der Waals surface area contributed by atoms with Gasteiger partial charge < -0.3 is 10.2 Å². The third kappa shape index (κ3) is 2.05. The number of carbonyl (C=O) groups excluding carboxylic acids is 1. The lowest BCUT2D eigenvalue weighted by Gasteiger charge is -2.30. The van der Waals surface area contributed by atoms with Gasteiger partial charge in [-0.2, -0.15) is 5.26 Å². The molecular weight excluding hydrogens is 202 g/mol. The highest BCUT2D eigenvalue weighted by molar-refractivity contribution is 5.78. The van der Waals surface area contributed by atoms with E-state index in [4.69, 9.17) is 5.26 Å². The molecule has 0 amide bonds. The third-order valence-electron chi connectivity index (χ3n) is 2.73. The van der Waals surface area contributed by atoms with Crippen LogP contribution in [0.2, 0.25) is 0 Å². The molecule has 1 aromatic rings. The van der Waals surface area contributed by atoms with E-state index in [1.54, 1.807) is 12.1 Å². The van der Waals surface area contributed by atoms with Gasteiger partial charge in [0.25, 0.3) is 0 Å². The SMILES string of the molecule is N#Cc1cc(C=O)ccc1N1CCNCC1. The molecule has 1 aliphatic heterocycles. The van der Waals surface area contributed by atoms with Gasteiger partial charge in [0.1, 0.15) is 12.4 Å². The van der Waals surface area contributed by atoms with Crippen molar-refractivity contribution in [1.82, 2.24) is 5.32 Å². The van der Waals surface area contributed by atoms with Crippen molar-refractivity contribution in [2.24, 2.45) is 0 Å². The molecule has 1 aromatic carbocycles. The molecule has 1 N–H and O–H groups in total. The molecule has 0 aliphatic carbocycles. The van der Waals surface area contributed by atoms with Crippen molar-refractivity contribution in [3.05, 3.63) is 29.3 Å². The fourth-order valence-corrected chi connectivity index (χ4v) is 1.90. The summed E-state index contributed by atoms with van der Waals surface area (Å²) in [5.41, 5.74) is 2.05. The summed E-state index contributed by atoms with van der Waals surface area (Å²) in [6.45, 7) is 3.66. The largest absolute Gasteiger partial charge is 0.368 e. The summed E-state index contributed by atoms with van der Waals surface area (Å²) in [4.78, 5) is 12.8. The molecule has 0 bridgehead atoms. The maximum absolute atomic E-state index is 10.6. The smallest absolute Gasteiger partial charge is 0.150 e. The van der Waals surface area contributed by atoms with E-state index in [2.05, 4.69) is 16.3 Å². The number of nitrogens with one attached hydrogen (secondary N) is 1. The Kier molecular flexibility index (Phi) is 3.18. The molecular formula is C12H13N3O. The van der Waals surface area contributed by atoms with Crippen LogP contribution in [0.15, 0.2) is 18.2 Å². The van der Waals surface area contributed by atoms with Crippen LogP contribution in [0.1, 0.15) is 15.9 Å². The molecule has 2 rings (SSSR count). The Morgan fingerprint density at radius 2 is 2.12 bits per heavy atom. The molecule has 0 spiro atoms. The fourth-order valence-electron chi connectivity index (χ4n) is 1.90. The number of aldehydes is 1. The number of hydrogen-bond donors (Lipinski definition) is 1. The van der Waals surface area contributed by atoms with Crippen molar-refractivity contribution in [3.8, 4) is 6.07 Å². The third-order valence-corrected chi connectivity index (χ3v) is 2.73. The molecule has 1 saturated heterocycles. The Morgan fingerprint density at radius 3 is 2.75 bits per heavy atom. The Balaban J connectivity index is 2.32. The van der Waals surface area contributed by atoms with Crippen LogP contribution >= 0.6 is 0 Å². The summed E-state index contributed by atoms with van der Waals surface area (Å²) in [7, 11) is 0. The number of rotatable bonds is 2. The van der Waals surface area contributed by atoms with Gasteiger partial charge in [-0.1, -0.05) is 0 Å². The summed E-state index contributed by atoms with van der Waals surface area (Å²) < 4.78 is 0. The highest BCUT2D eigenvalue weighted by Gasteiger charge is 2.14. The molecule has 1 heterocycles. The number of anilines is 1. The second-order valence-corrected chi connectivity index (χ2v) is 3.74. The van der Waals surface area contributed by atoms with Gasteiger partial charge in [0.05, 0.1) is 11.3 Å². The zero-order valence-corrected chi connectivity index (χ0v) is 8.94. The quantitative estimate of drug-likeness (QED) is 0.741. The standard InChI is InChI=1S/C12H13N3O/c13-8-11-7-10(9-16)1-2-12(11)15-5-3-14-4-6-15/h1-2,7,9,14H,3-6H2. The molecule has 16 heavy (non-hydrogen) atoms. The van der Waals surface area contributed by atoms with Crippen molar-refractivity contribution < 1.29 is 4.79 Å². The van der Waals surface area contributed by atoms with E-state index in [9.17, 15) is 4.79 Å². The summed E-state index contributed by atoms with van der Waals surface area (Å²) in [5, 5.41) is 12.3. The van der Waals surface area contributed by atoms with Crippen LogP contribution in [0.4, 0.5) is 5.69 Å². The van der Waals surface area contributed by atoms with Gasteiger partial charge in [-0.05, 0) is 18.2 Å². The van der Waals surface area contributed by atoms with E-state index in [1.807, 2.05) is 6.07 Å². The van der Waals surface area contributed by atoms with Gasteiger partial charge in [-0.25, -0.2) is 0 Å². The second kappa shape index (κ2) is 4.77. The minimum Gasteiger partial charge on any atom is -0.368 e. The predicted octanol–water partition coefficient (Wildman–Crippen LogP) is 0.780. The van der Waals surface area contributed by atoms with E-state index in [0.717, 1.165) is 38.2 Å². The maximum Gasteiger partial charge on any atom is 0.150 e. The summed E-state index contributed by atoms with van der Waals surface area (Å²) in [5.74, 6) is 0. The van der Waals surface area contributed by atoms with Crippen molar-refractivity contribution >= 4 is 12.0 Å². The number of benzene rings is 1. The zero-order valence-electron chi connectivity index (χ0n) is 8.94. The van der Waals surface area contributed by atoms with Gasteiger partial charge in [-0.3, -0.25) is 4.79 Å². The van der Waals surface area contributed by atoms with Crippen LogP contribution in [0.5, 0.6) is 0 Å². The van der Waals surface area contributed by atoms with Crippen LogP contribution in [-0.2, 0) is 0 Å². The normalized spacial score (nSPS) is 15.6. The number of carbonyl (C=O) groups is 1. The van der Waals surface area contributed by atoms with E-state index in [0.29, 0.717) is 11.1 Å². The van der Waals surface area contributed by atoms with E-state index < -0.39 is 0 Å². The van der Waals surface area contributed by atoms with Crippen molar-refractivity contribution in [2.75, 3.05) is 31.1 Å². The number of nitrogens with zero attached hydrogens (tertiary/aromatic N) is 2. The Labute approximate surface area is 94.5 Å². The number of hydrogen-bond acceptors (Lipinski definition) is 4. The average molecular weight is 215 g/mol. The van der Waals surface area contributed by atoms with Crippen molar-refractivity contribution in [1.29, 1.82) is 5.26 Å². The van der Waals surface area contributed by atoms with Crippen molar-refractivity contribution in [3.63, 3.8) is 0 Å². The van der Waals surface area contributed by atoms with Crippen LogP contribution in [0, 0.1) is 11.3 Å². The van der Waals surface area contributed by atoms with Gasteiger partial charge >= 0.3 is 0 Å². The van der Waals surface area contributed by atoms with Crippen LogP contribution < -0.4 is 10.2 Å². The predicted molar refractivity (Wildman–Crippen MR) is 61.6 cm³/mol. The van der Waals surface area contributed by atoms with E-state index in [1.165, 1.54) is 0 Å². The molecule has 0 atom stereocenters. The van der Waals surface area contributed by atoms with E-state index >= 15 is 0 Å². The maximum atomic E-state index is 10.6. The fraction of sp³-hybridized carbons (Fsp3) is 0.333. The molecule has 0 unspecified atom stereocenters. The first kappa shape index (κ1) is 10.7. The second-order valence-electron chi connectivity index (χ2n) is 3.74. The topological polar surface area (TPSA) is 56.1 Å². The Morgan fingerprint density at radius 1 is 1.38 bits per heavy atom. The monoisotopic (exact) mass is 215 g/mol. The van der Waals surface area contributed by atoms with Crippen LogP contribution in [0.3, 0.4) is 0 Å². The summed E-state index contributed by atoms with van der Waals surface area (Å²) in [6.07, 6.45) is 0.766. The van der Waals surface area contributed by atoms with Gasteiger partial charge in [-0.15, -0.1) is 0 Å². The van der Waals surface area contributed by atoms with E-state index in [-0.39, 0.29) is 0 Å². The minimum atomic E-state index is 0.551. The Bertz CT molecular complexity index is 430. The first-order chi connectivity index (χ1) is 7.85. The highest BCUT2D eigenvalue weighted by Crippen LogP contribution is 2.21. The molecule has 0 saturated carbocycles. The average Bonchev–Trinajstić information content (AvgIpc) is 2.39. The molecule has 1 aliphatic rings. The Hall–Kier alpha value is -1.86. The summed E-state index contributed by atoms with van der Waals surface area (Å²) >= 11 is 0. The zero-order chi connectivity index (χ0) is 11.4. The first-order valence-electron chi connectivity index (χ1n) is 5.30. The minimum absolute atomic E-state index is 0.551. The molecule has 0 radical (unpaired) electrons. The molecule has 4 nitrogen and oxygen atoms in total. The van der Waals surface area contributed by atoms with Gasteiger partial charge in [0.15, 0.2) is 0 Å². The molecule has 0 aromatic heterocycles. The molecule has 1 fully saturated rings. The van der Waals surface area contributed by atoms with Gasteiger partial charge in [0, 0.05) is 31.7 Å². The number of piperazine rings is 1. The van der Waals surface area contributed by atoms with Crippen LogP contribution in [0.25, 0.3) is 0 Å². The lowest BCUT2D eigenvalue weighted by Crippen LogP contribution is -2.43. The molecule has 4 heteroatoms.